The molecule has 1 unspecified atom stereocenters. The van der Waals surface area contributed by atoms with E-state index in [0.717, 1.165) is 50.3 Å². The molecule has 0 amide bonds. The third-order valence-electron chi connectivity index (χ3n) is 3.92. The molecule has 0 aliphatic rings. The van der Waals surface area contributed by atoms with Crippen LogP contribution >= 0.6 is 0 Å². The molecular weight excluding hydrogens is 300 g/mol. The molecule has 134 valence electrons. The zero-order valence-electron chi connectivity index (χ0n) is 15.9. The number of nitriles is 1. The van der Waals surface area contributed by atoms with Crippen LogP contribution in [0.4, 0.5) is 5.82 Å². The van der Waals surface area contributed by atoms with Crippen molar-refractivity contribution in [1.29, 1.82) is 5.26 Å². The maximum atomic E-state index is 8.97. The molecule has 0 aliphatic carbocycles. The van der Waals surface area contributed by atoms with Gasteiger partial charge in [-0.2, -0.15) is 15.2 Å². The van der Waals surface area contributed by atoms with Crippen LogP contribution in [0.25, 0.3) is 0 Å². The first-order chi connectivity index (χ1) is 11.6. The summed E-state index contributed by atoms with van der Waals surface area (Å²) in [6.07, 6.45) is 4.51. The lowest BCUT2D eigenvalue weighted by Gasteiger charge is -2.29. The average molecular weight is 332 g/mol. The first-order valence-corrected chi connectivity index (χ1v) is 9.25. The minimum absolute atomic E-state index is 0.312. The Hall–Kier alpha value is -1.83. The average Bonchev–Trinajstić information content (AvgIpc) is 2.56. The van der Waals surface area contributed by atoms with Gasteiger partial charge in [-0.25, -0.2) is 0 Å². The lowest BCUT2D eigenvalue weighted by atomic mass is 10.0. The Morgan fingerprint density at radius 3 is 2.46 bits per heavy atom. The van der Waals surface area contributed by atoms with E-state index < -0.39 is 0 Å². The van der Waals surface area contributed by atoms with Gasteiger partial charge in [-0.3, -0.25) is 0 Å². The summed E-state index contributed by atoms with van der Waals surface area (Å²) in [6, 6.07) is 2.75. The highest BCUT2D eigenvalue weighted by molar-refractivity contribution is 5.50. The summed E-state index contributed by atoms with van der Waals surface area (Å²) in [6.45, 7) is 12.9. The van der Waals surface area contributed by atoms with E-state index in [1.165, 1.54) is 5.56 Å². The molecule has 1 aromatic rings. The van der Waals surface area contributed by atoms with E-state index in [0.29, 0.717) is 25.0 Å². The third-order valence-corrected chi connectivity index (χ3v) is 3.92. The van der Waals surface area contributed by atoms with E-state index >= 15 is 0 Å². The second-order valence-electron chi connectivity index (χ2n) is 6.21. The van der Waals surface area contributed by atoms with Gasteiger partial charge in [0.1, 0.15) is 5.82 Å². The zero-order valence-corrected chi connectivity index (χ0v) is 15.9. The summed E-state index contributed by atoms with van der Waals surface area (Å²) >= 11 is 0. The minimum atomic E-state index is 0.312. The largest absolute Gasteiger partial charge is 0.464 e. The molecule has 24 heavy (non-hydrogen) atoms. The molecule has 0 spiro atoms. The molecule has 0 aromatic carbocycles. The maximum Gasteiger partial charge on any atom is 0.318 e. The predicted octanol–water partition coefficient (Wildman–Crippen LogP) is 4.16. The van der Waals surface area contributed by atoms with Gasteiger partial charge in [0.15, 0.2) is 0 Å². The Kier molecular flexibility index (Phi) is 9.14. The third kappa shape index (κ3) is 5.67. The molecule has 0 radical (unpaired) electrons. The van der Waals surface area contributed by atoms with Crippen LogP contribution in [0.1, 0.15) is 65.1 Å². The molecule has 0 bridgehead atoms. The van der Waals surface area contributed by atoms with Crippen molar-refractivity contribution in [3.63, 3.8) is 0 Å². The van der Waals surface area contributed by atoms with E-state index in [4.69, 9.17) is 15.0 Å². The van der Waals surface area contributed by atoms with Crippen LogP contribution in [0.15, 0.2) is 0 Å². The smallest absolute Gasteiger partial charge is 0.318 e. The van der Waals surface area contributed by atoms with Gasteiger partial charge in [0, 0.05) is 25.1 Å². The van der Waals surface area contributed by atoms with Crippen LogP contribution < -0.4 is 9.64 Å². The van der Waals surface area contributed by atoms with Crippen LogP contribution in [-0.2, 0) is 12.8 Å². The fourth-order valence-corrected chi connectivity index (χ4v) is 2.90. The summed E-state index contributed by atoms with van der Waals surface area (Å²) in [5.74, 6) is 1.31. The van der Waals surface area contributed by atoms with Gasteiger partial charge >= 0.3 is 6.01 Å². The molecule has 0 N–H and O–H groups in total. The van der Waals surface area contributed by atoms with E-state index in [-0.39, 0.29) is 0 Å². The second-order valence-corrected chi connectivity index (χ2v) is 6.21. The quantitative estimate of drug-likeness (QED) is 0.609. The summed E-state index contributed by atoms with van der Waals surface area (Å²) in [4.78, 5) is 11.7. The Morgan fingerprint density at radius 1 is 1.17 bits per heavy atom. The van der Waals surface area contributed by atoms with E-state index in [9.17, 15) is 0 Å². The summed E-state index contributed by atoms with van der Waals surface area (Å²) in [7, 11) is 0. The first-order valence-electron chi connectivity index (χ1n) is 9.25. The Bertz CT molecular complexity index is 539. The van der Waals surface area contributed by atoms with Crippen molar-refractivity contribution < 1.29 is 4.74 Å². The Balaban J connectivity index is 3.30. The van der Waals surface area contributed by atoms with Crippen molar-refractivity contribution in [3.8, 4) is 12.1 Å². The molecule has 1 atom stereocenters. The van der Waals surface area contributed by atoms with Gasteiger partial charge < -0.3 is 9.64 Å². The van der Waals surface area contributed by atoms with Gasteiger partial charge in [-0.1, -0.05) is 34.1 Å². The first kappa shape index (κ1) is 20.2. The summed E-state index contributed by atoms with van der Waals surface area (Å²) in [5.41, 5.74) is 2.32. The Morgan fingerprint density at radius 2 is 1.92 bits per heavy atom. The van der Waals surface area contributed by atoms with Crippen LogP contribution in [0.2, 0.25) is 0 Å². The van der Waals surface area contributed by atoms with Gasteiger partial charge in [0.25, 0.3) is 0 Å². The minimum Gasteiger partial charge on any atom is -0.464 e. The lowest BCUT2D eigenvalue weighted by Crippen LogP contribution is -2.31. The van der Waals surface area contributed by atoms with E-state index in [2.05, 4.69) is 43.6 Å². The van der Waals surface area contributed by atoms with Crippen LogP contribution in [0.5, 0.6) is 6.01 Å². The van der Waals surface area contributed by atoms with Gasteiger partial charge in [-0.15, -0.1) is 0 Å². The van der Waals surface area contributed by atoms with Crippen molar-refractivity contribution in [2.75, 3.05) is 24.6 Å². The molecule has 1 rings (SSSR count). The van der Waals surface area contributed by atoms with Crippen molar-refractivity contribution in [2.45, 2.75) is 66.7 Å². The number of aryl methyl sites for hydroxylation is 1. The van der Waals surface area contributed by atoms with Gasteiger partial charge in [0.05, 0.1) is 18.4 Å². The zero-order chi connectivity index (χ0) is 17.9. The van der Waals surface area contributed by atoms with E-state index in [1.54, 1.807) is 0 Å². The van der Waals surface area contributed by atoms with Crippen molar-refractivity contribution in [1.82, 2.24) is 9.97 Å². The molecular formula is C19H32N4O. The van der Waals surface area contributed by atoms with Crippen molar-refractivity contribution >= 4 is 5.82 Å². The highest BCUT2D eigenvalue weighted by Crippen LogP contribution is 2.27. The fraction of sp³-hybridized carbons (Fsp3) is 0.737. The summed E-state index contributed by atoms with van der Waals surface area (Å²) < 4.78 is 5.60. The normalized spacial score (nSPS) is 11.8. The number of anilines is 1. The highest BCUT2D eigenvalue weighted by Gasteiger charge is 2.20. The van der Waals surface area contributed by atoms with Crippen LogP contribution in [0, 0.1) is 17.2 Å². The molecule has 0 aliphatic heterocycles. The standard InChI is InChI=1S/C19H32N4O/c1-6-10-16-17(8-3)21-19(24-9-4)22-18(16)23(13-7-2)14-15(5)11-12-20/h15H,6-11,13-14H2,1-5H3. The number of hydrogen-bond acceptors (Lipinski definition) is 5. The molecule has 5 nitrogen and oxygen atoms in total. The second kappa shape index (κ2) is 10.9. The molecule has 1 heterocycles. The topological polar surface area (TPSA) is 62.0 Å². The number of nitrogens with zero attached hydrogens (tertiary/aromatic N) is 4. The molecule has 0 saturated heterocycles. The maximum absolute atomic E-state index is 8.97. The Labute approximate surface area is 147 Å². The number of hydrogen-bond donors (Lipinski definition) is 0. The molecule has 5 heteroatoms. The molecule has 1 aromatic heterocycles. The van der Waals surface area contributed by atoms with Crippen molar-refractivity contribution in [3.05, 3.63) is 11.3 Å². The fourth-order valence-electron chi connectivity index (χ4n) is 2.90. The van der Waals surface area contributed by atoms with Crippen LogP contribution in [0.3, 0.4) is 0 Å². The molecule has 0 fully saturated rings. The SMILES string of the molecule is CCCc1c(CC)nc(OCC)nc1N(CCC)CC(C)CC#N. The van der Waals surface area contributed by atoms with E-state index in [1.807, 2.05) is 6.92 Å². The number of rotatable bonds is 11. The summed E-state index contributed by atoms with van der Waals surface area (Å²) in [5, 5.41) is 8.97. The van der Waals surface area contributed by atoms with Gasteiger partial charge in [0.2, 0.25) is 0 Å². The predicted molar refractivity (Wildman–Crippen MR) is 98.5 cm³/mol. The number of aromatic nitrogens is 2. The van der Waals surface area contributed by atoms with Gasteiger partial charge in [-0.05, 0) is 32.1 Å². The van der Waals surface area contributed by atoms with Crippen LogP contribution in [-0.4, -0.2) is 29.7 Å². The number of ether oxygens (including phenoxy) is 1. The monoisotopic (exact) mass is 332 g/mol. The molecule has 0 saturated carbocycles. The van der Waals surface area contributed by atoms with Crippen molar-refractivity contribution in [2.24, 2.45) is 5.92 Å². The lowest BCUT2D eigenvalue weighted by molar-refractivity contribution is 0.311. The highest BCUT2D eigenvalue weighted by atomic mass is 16.5.